The van der Waals surface area contributed by atoms with Crippen molar-refractivity contribution in [3.05, 3.63) is 15.9 Å². The Balaban J connectivity index is 3.16. The molecule has 0 aromatic carbocycles. The molecule has 16 heavy (non-hydrogen) atoms. The second kappa shape index (κ2) is 4.65. The lowest BCUT2D eigenvalue weighted by Crippen LogP contribution is -2.38. The first-order valence-corrected chi connectivity index (χ1v) is 5.25. The first kappa shape index (κ1) is 12.7. The summed E-state index contributed by atoms with van der Waals surface area (Å²) in [7, 11) is 0. The van der Waals surface area contributed by atoms with Gasteiger partial charge in [0.05, 0.1) is 27.9 Å². The van der Waals surface area contributed by atoms with Crippen molar-refractivity contribution in [1.29, 1.82) is 0 Å². The van der Waals surface area contributed by atoms with Crippen LogP contribution in [0.3, 0.4) is 0 Å². The van der Waals surface area contributed by atoms with Gasteiger partial charge in [0.15, 0.2) is 0 Å². The lowest BCUT2D eigenvalue weighted by Gasteiger charge is -2.20. The Bertz CT molecular complexity index is 441. The van der Waals surface area contributed by atoms with Crippen LogP contribution in [0, 0.1) is 13.8 Å². The summed E-state index contributed by atoms with van der Waals surface area (Å²) >= 11 is 3.22. The van der Waals surface area contributed by atoms with E-state index in [9.17, 15) is 19.8 Å². The third-order valence-electron chi connectivity index (χ3n) is 2.16. The standard InChI is InChI=1S/C9H11BrN2O4/c1-4-8(10)5(2)12(11-4)6(9(15)16)3-7(13)14/h6H,3H2,1-2H3,(H,13,14)(H,15,16)/p-2/t6-/m0/s1. The summed E-state index contributed by atoms with van der Waals surface area (Å²) in [5, 5.41) is 25.2. The van der Waals surface area contributed by atoms with E-state index in [-0.39, 0.29) is 0 Å². The van der Waals surface area contributed by atoms with Gasteiger partial charge in [-0.1, -0.05) is 0 Å². The van der Waals surface area contributed by atoms with Gasteiger partial charge >= 0.3 is 0 Å². The molecule has 0 amide bonds. The van der Waals surface area contributed by atoms with Crippen molar-refractivity contribution in [3.63, 3.8) is 0 Å². The predicted octanol–water partition coefficient (Wildman–Crippen LogP) is -1.31. The summed E-state index contributed by atoms with van der Waals surface area (Å²) in [6, 6.07) is -1.35. The van der Waals surface area contributed by atoms with E-state index in [1.165, 1.54) is 0 Å². The number of aromatic nitrogens is 2. The van der Waals surface area contributed by atoms with Crippen LogP contribution in [0.2, 0.25) is 0 Å². The van der Waals surface area contributed by atoms with Crippen LogP contribution >= 0.6 is 15.9 Å². The molecule has 1 atom stereocenters. The summed E-state index contributed by atoms with van der Waals surface area (Å²) in [5.74, 6) is -2.96. The predicted molar refractivity (Wildman–Crippen MR) is 53.1 cm³/mol. The van der Waals surface area contributed by atoms with Gasteiger partial charge < -0.3 is 19.8 Å². The summed E-state index contributed by atoms with van der Waals surface area (Å²) in [6.45, 7) is 3.31. The van der Waals surface area contributed by atoms with Gasteiger partial charge in [0.1, 0.15) is 0 Å². The monoisotopic (exact) mass is 288 g/mol. The molecule has 0 aliphatic rings. The summed E-state index contributed by atoms with van der Waals surface area (Å²) in [5.41, 5.74) is 1.12. The lowest BCUT2D eigenvalue weighted by atomic mass is 10.2. The number of carboxylic acid groups (broad SMARTS) is 2. The summed E-state index contributed by atoms with van der Waals surface area (Å²) in [6.07, 6.45) is -0.670. The smallest absolute Gasteiger partial charge is 0.0967 e. The van der Waals surface area contributed by atoms with Crippen LogP contribution < -0.4 is 10.2 Å². The number of carboxylic acids is 2. The fourth-order valence-corrected chi connectivity index (χ4v) is 1.63. The van der Waals surface area contributed by atoms with Crippen LogP contribution in [0.15, 0.2) is 4.47 Å². The zero-order valence-electron chi connectivity index (χ0n) is 8.69. The Hall–Kier alpha value is -1.37. The van der Waals surface area contributed by atoms with E-state index in [1.54, 1.807) is 13.8 Å². The maximum atomic E-state index is 10.8. The average Bonchev–Trinajstić information content (AvgIpc) is 2.42. The first-order chi connectivity index (χ1) is 7.34. The molecule has 0 unspecified atom stereocenters. The Kier molecular flexibility index (Phi) is 3.69. The molecule has 0 saturated heterocycles. The van der Waals surface area contributed by atoms with E-state index in [2.05, 4.69) is 21.0 Å². The minimum atomic E-state index is -1.50. The summed E-state index contributed by atoms with van der Waals surface area (Å²) in [4.78, 5) is 21.3. The molecule has 7 heteroatoms. The van der Waals surface area contributed by atoms with E-state index in [1.807, 2.05) is 0 Å². The molecule has 0 N–H and O–H groups in total. The van der Waals surface area contributed by atoms with Gasteiger partial charge in [0.2, 0.25) is 0 Å². The zero-order valence-corrected chi connectivity index (χ0v) is 10.3. The van der Waals surface area contributed by atoms with Gasteiger partial charge in [-0.15, -0.1) is 0 Å². The van der Waals surface area contributed by atoms with Gasteiger partial charge in [-0.05, 0) is 29.8 Å². The van der Waals surface area contributed by atoms with E-state index in [0.717, 1.165) is 4.68 Å². The topological polar surface area (TPSA) is 98.1 Å². The number of carbonyl (C=O) groups is 2. The van der Waals surface area contributed by atoms with Crippen molar-refractivity contribution in [1.82, 2.24) is 9.78 Å². The number of hydrogen-bond acceptors (Lipinski definition) is 5. The Labute approximate surface area is 100 Å². The molecule has 0 saturated carbocycles. The van der Waals surface area contributed by atoms with Crippen molar-refractivity contribution < 1.29 is 19.8 Å². The highest BCUT2D eigenvalue weighted by atomic mass is 79.9. The van der Waals surface area contributed by atoms with Gasteiger partial charge in [0, 0.05) is 12.4 Å². The summed E-state index contributed by atoms with van der Waals surface area (Å²) < 4.78 is 1.77. The normalized spacial score (nSPS) is 12.4. The van der Waals surface area contributed by atoms with Crippen LogP contribution in [-0.2, 0) is 9.59 Å². The van der Waals surface area contributed by atoms with Gasteiger partial charge in [0.25, 0.3) is 0 Å². The molecule has 1 rings (SSSR count). The van der Waals surface area contributed by atoms with Gasteiger partial charge in [-0.2, -0.15) is 5.10 Å². The van der Waals surface area contributed by atoms with Crippen LogP contribution in [0.5, 0.6) is 0 Å². The molecule has 0 bridgehead atoms. The number of halogens is 1. The number of aryl methyl sites for hydroxylation is 1. The molecule has 0 aliphatic heterocycles. The molecule has 0 spiro atoms. The fraction of sp³-hybridized carbons (Fsp3) is 0.444. The molecule has 0 aliphatic carbocycles. The molecular weight excluding hydrogens is 280 g/mol. The Morgan fingerprint density at radius 2 is 2.00 bits per heavy atom. The fourth-order valence-electron chi connectivity index (χ4n) is 1.37. The van der Waals surface area contributed by atoms with Crippen molar-refractivity contribution in [3.8, 4) is 0 Å². The Morgan fingerprint density at radius 3 is 2.31 bits per heavy atom. The van der Waals surface area contributed by atoms with Crippen LogP contribution in [-0.4, -0.2) is 21.7 Å². The molecule has 0 radical (unpaired) electrons. The average molecular weight is 289 g/mol. The van der Waals surface area contributed by atoms with E-state index in [4.69, 9.17) is 0 Å². The SMILES string of the molecule is Cc1nn([C@@H](CC(=O)[O-])C(=O)[O-])c(C)c1Br. The molecule has 1 heterocycles. The van der Waals surface area contributed by atoms with Crippen LogP contribution in [0.1, 0.15) is 23.9 Å². The maximum absolute atomic E-state index is 10.8. The Morgan fingerprint density at radius 1 is 1.44 bits per heavy atom. The van der Waals surface area contributed by atoms with E-state index < -0.39 is 24.4 Å². The number of aliphatic carboxylic acids is 2. The highest BCUT2D eigenvalue weighted by Gasteiger charge is 2.18. The number of rotatable bonds is 4. The molecular formula is C9H9BrN2O4-2. The number of nitrogens with zero attached hydrogens (tertiary/aromatic N) is 2. The minimum Gasteiger partial charge on any atom is -0.550 e. The van der Waals surface area contributed by atoms with Crippen molar-refractivity contribution in [2.24, 2.45) is 0 Å². The highest BCUT2D eigenvalue weighted by Crippen LogP contribution is 2.23. The lowest BCUT2D eigenvalue weighted by molar-refractivity contribution is -0.319. The second-order valence-electron chi connectivity index (χ2n) is 3.34. The van der Waals surface area contributed by atoms with Crippen LogP contribution in [0.25, 0.3) is 0 Å². The number of carbonyl (C=O) groups excluding carboxylic acids is 2. The largest absolute Gasteiger partial charge is 0.550 e. The van der Waals surface area contributed by atoms with E-state index in [0.29, 0.717) is 15.9 Å². The van der Waals surface area contributed by atoms with E-state index >= 15 is 0 Å². The van der Waals surface area contributed by atoms with Crippen molar-refractivity contribution >= 4 is 27.9 Å². The molecule has 6 nitrogen and oxygen atoms in total. The highest BCUT2D eigenvalue weighted by molar-refractivity contribution is 9.10. The quantitative estimate of drug-likeness (QED) is 0.685. The van der Waals surface area contributed by atoms with Gasteiger partial charge in [-0.25, -0.2) is 0 Å². The minimum absolute atomic E-state index is 0.535. The molecule has 1 aromatic heterocycles. The zero-order chi connectivity index (χ0) is 12.5. The van der Waals surface area contributed by atoms with Crippen LogP contribution in [0.4, 0.5) is 0 Å². The van der Waals surface area contributed by atoms with Gasteiger partial charge in [-0.3, -0.25) is 4.68 Å². The molecule has 1 aromatic rings. The second-order valence-corrected chi connectivity index (χ2v) is 4.13. The molecule has 0 fully saturated rings. The van der Waals surface area contributed by atoms with Crippen molar-refractivity contribution in [2.45, 2.75) is 26.3 Å². The first-order valence-electron chi connectivity index (χ1n) is 4.46. The third kappa shape index (κ3) is 2.41. The van der Waals surface area contributed by atoms with Crippen molar-refractivity contribution in [2.75, 3.05) is 0 Å². The maximum Gasteiger partial charge on any atom is 0.0967 e. The number of hydrogen-bond donors (Lipinski definition) is 0. The third-order valence-corrected chi connectivity index (χ3v) is 3.31. The molecule has 88 valence electrons.